The van der Waals surface area contributed by atoms with E-state index in [1.807, 2.05) is 6.07 Å². The van der Waals surface area contributed by atoms with Crippen molar-refractivity contribution >= 4 is 24.1 Å². The number of unbranched alkanes of at least 4 members (excludes halogenated alkanes) is 3. The number of carbonyl (C=O) groups excluding carboxylic acids is 3. The van der Waals surface area contributed by atoms with Crippen molar-refractivity contribution in [2.45, 2.75) is 71.1 Å². The topological polar surface area (TPSA) is 112 Å². The van der Waals surface area contributed by atoms with E-state index in [1.165, 1.54) is 11.8 Å². The predicted octanol–water partition coefficient (Wildman–Crippen LogP) is 8.29. The molecule has 1 aliphatic carbocycles. The second kappa shape index (κ2) is 18.4. The standard InChI is InChI=1S/C39H45NO7/c1-3-9-28-10-12-29(13-11-28)36-23-22-35(26-32(36)27-40)47-39(43)31-16-14-30(15-17-31)38(42)46-34-20-18-33(19-21-34)44-24-7-5-6-8-25-45-37(41)4-2/h4,10-13,18-23,26-27,30-31,40H,2-3,5-9,14-17,24-25H2,1H3. The van der Waals surface area contributed by atoms with Crippen molar-refractivity contribution < 1.29 is 33.3 Å². The SMILES string of the molecule is C=CC(=O)OCCCCCCOc1ccc(OC(=O)C2CCC(C(=O)Oc3ccc(-c4ccc(CCC)cc4)c(C=N)c3)CC2)cc1. The molecule has 0 aromatic heterocycles. The Hall–Kier alpha value is -4.72. The molecule has 3 aromatic carbocycles. The molecule has 248 valence electrons. The summed E-state index contributed by atoms with van der Waals surface area (Å²) in [4.78, 5) is 36.8. The zero-order valence-electron chi connectivity index (χ0n) is 27.2. The summed E-state index contributed by atoms with van der Waals surface area (Å²) >= 11 is 0. The number of rotatable bonds is 17. The summed E-state index contributed by atoms with van der Waals surface area (Å²) in [5.74, 6) is 0.00827. The van der Waals surface area contributed by atoms with E-state index in [-0.39, 0.29) is 23.8 Å². The molecule has 8 nitrogen and oxygen atoms in total. The number of esters is 3. The van der Waals surface area contributed by atoms with Crippen molar-refractivity contribution in [3.63, 3.8) is 0 Å². The molecule has 1 saturated carbocycles. The molecule has 0 unspecified atom stereocenters. The second-order valence-corrected chi connectivity index (χ2v) is 11.8. The number of hydrogen-bond acceptors (Lipinski definition) is 8. The van der Waals surface area contributed by atoms with Crippen molar-refractivity contribution in [1.82, 2.24) is 0 Å². The van der Waals surface area contributed by atoms with E-state index in [0.29, 0.717) is 61.7 Å². The largest absolute Gasteiger partial charge is 0.494 e. The molecule has 0 radical (unpaired) electrons. The first-order valence-electron chi connectivity index (χ1n) is 16.6. The van der Waals surface area contributed by atoms with Crippen molar-refractivity contribution in [3.8, 4) is 28.4 Å². The highest BCUT2D eigenvalue weighted by molar-refractivity contribution is 5.90. The van der Waals surface area contributed by atoms with Crippen LogP contribution in [0.25, 0.3) is 11.1 Å². The number of carbonyl (C=O) groups is 3. The Balaban J connectivity index is 1.16. The first-order chi connectivity index (χ1) is 22.9. The van der Waals surface area contributed by atoms with Crippen LogP contribution in [0.1, 0.15) is 75.8 Å². The molecule has 1 fully saturated rings. The van der Waals surface area contributed by atoms with Crippen molar-refractivity contribution in [1.29, 1.82) is 5.41 Å². The van der Waals surface area contributed by atoms with E-state index in [4.69, 9.17) is 24.4 Å². The Kier molecular flexibility index (Phi) is 13.8. The highest BCUT2D eigenvalue weighted by Crippen LogP contribution is 2.33. The number of hydrogen-bond donors (Lipinski definition) is 1. The van der Waals surface area contributed by atoms with Gasteiger partial charge in [0.05, 0.1) is 25.0 Å². The van der Waals surface area contributed by atoms with Gasteiger partial charge in [-0.25, -0.2) is 4.79 Å². The van der Waals surface area contributed by atoms with Gasteiger partial charge in [0.25, 0.3) is 0 Å². The number of nitrogens with one attached hydrogen (secondary N) is 1. The Morgan fingerprint density at radius 2 is 1.34 bits per heavy atom. The van der Waals surface area contributed by atoms with E-state index in [0.717, 1.165) is 55.7 Å². The number of ether oxygens (including phenoxy) is 4. The average molecular weight is 640 g/mol. The summed E-state index contributed by atoms with van der Waals surface area (Å²) in [5.41, 5.74) is 3.89. The molecular weight excluding hydrogens is 594 g/mol. The van der Waals surface area contributed by atoms with Crippen LogP contribution in [0.15, 0.2) is 79.4 Å². The van der Waals surface area contributed by atoms with Crippen LogP contribution < -0.4 is 14.2 Å². The van der Waals surface area contributed by atoms with Gasteiger partial charge in [0.15, 0.2) is 0 Å². The third-order valence-electron chi connectivity index (χ3n) is 8.36. The molecule has 0 heterocycles. The molecule has 0 bridgehead atoms. The molecule has 0 atom stereocenters. The maximum atomic E-state index is 13.0. The van der Waals surface area contributed by atoms with Crippen LogP contribution in [0, 0.1) is 17.2 Å². The van der Waals surface area contributed by atoms with Gasteiger partial charge in [-0.15, -0.1) is 0 Å². The third kappa shape index (κ3) is 10.9. The summed E-state index contributed by atoms with van der Waals surface area (Å²) in [6.07, 6.45) is 10.4. The molecule has 1 aliphatic rings. The minimum Gasteiger partial charge on any atom is -0.494 e. The van der Waals surface area contributed by atoms with Crippen molar-refractivity contribution in [2.24, 2.45) is 11.8 Å². The molecule has 0 aliphatic heterocycles. The van der Waals surface area contributed by atoms with Crippen LogP contribution in [-0.2, 0) is 25.5 Å². The van der Waals surface area contributed by atoms with Gasteiger partial charge in [0, 0.05) is 17.9 Å². The second-order valence-electron chi connectivity index (χ2n) is 11.8. The lowest BCUT2D eigenvalue weighted by Gasteiger charge is -2.26. The van der Waals surface area contributed by atoms with Gasteiger partial charge in [-0.3, -0.25) is 9.59 Å². The molecule has 0 amide bonds. The summed E-state index contributed by atoms with van der Waals surface area (Å²) in [6.45, 7) is 6.49. The Labute approximate surface area is 277 Å². The Bertz CT molecular complexity index is 1490. The highest BCUT2D eigenvalue weighted by atomic mass is 16.5. The summed E-state index contributed by atoms with van der Waals surface area (Å²) in [6, 6.07) is 20.7. The number of benzene rings is 3. The van der Waals surface area contributed by atoms with Gasteiger partial charge >= 0.3 is 17.9 Å². The third-order valence-corrected chi connectivity index (χ3v) is 8.36. The van der Waals surface area contributed by atoms with Gasteiger partial charge in [-0.1, -0.05) is 50.3 Å². The van der Waals surface area contributed by atoms with Crippen LogP contribution in [0.5, 0.6) is 17.2 Å². The first-order valence-corrected chi connectivity index (χ1v) is 16.6. The van der Waals surface area contributed by atoms with Crippen molar-refractivity contribution in [2.75, 3.05) is 13.2 Å². The molecule has 4 rings (SSSR count). The highest BCUT2D eigenvalue weighted by Gasteiger charge is 2.32. The fourth-order valence-electron chi connectivity index (χ4n) is 5.67. The van der Waals surface area contributed by atoms with Gasteiger partial charge in [0.1, 0.15) is 17.2 Å². The van der Waals surface area contributed by atoms with Crippen LogP contribution in [0.2, 0.25) is 0 Å². The Morgan fingerprint density at radius 3 is 1.94 bits per heavy atom. The maximum Gasteiger partial charge on any atom is 0.330 e. The fraction of sp³-hybridized carbons (Fsp3) is 0.385. The smallest absolute Gasteiger partial charge is 0.330 e. The average Bonchev–Trinajstić information content (AvgIpc) is 3.10. The van der Waals surface area contributed by atoms with E-state index in [2.05, 4.69) is 37.8 Å². The molecular formula is C39H45NO7. The molecule has 0 spiro atoms. The molecule has 47 heavy (non-hydrogen) atoms. The molecule has 8 heteroatoms. The normalized spacial score (nSPS) is 15.7. The van der Waals surface area contributed by atoms with Gasteiger partial charge in [-0.2, -0.15) is 0 Å². The fourth-order valence-corrected chi connectivity index (χ4v) is 5.67. The van der Waals surface area contributed by atoms with E-state index in [1.54, 1.807) is 36.4 Å². The lowest BCUT2D eigenvalue weighted by Crippen LogP contribution is -2.30. The molecule has 3 aromatic rings. The quantitative estimate of drug-likeness (QED) is 0.0520. The minimum atomic E-state index is -0.394. The van der Waals surface area contributed by atoms with E-state index >= 15 is 0 Å². The monoisotopic (exact) mass is 639 g/mol. The van der Waals surface area contributed by atoms with Gasteiger partial charge < -0.3 is 24.4 Å². The van der Waals surface area contributed by atoms with Crippen LogP contribution in [-0.4, -0.2) is 37.3 Å². The molecule has 1 N–H and O–H groups in total. The van der Waals surface area contributed by atoms with Gasteiger partial charge in [-0.05, 0) is 111 Å². The lowest BCUT2D eigenvalue weighted by molar-refractivity contribution is -0.145. The molecule has 0 saturated heterocycles. The van der Waals surface area contributed by atoms with Crippen LogP contribution >= 0.6 is 0 Å². The zero-order valence-corrected chi connectivity index (χ0v) is 27.2. The zero-order chi connectivity index (χ0) is 33.4. The lowest BCUT2D eigenvalue weighted by atomic mass is 9.82. The summed E-state index contributed by atoms with van der Waals surface area (Å²) in [5, 5.41) is 7.91. The first kappa shape index (κ1) is 35.1. The van der Waals surface area contributed by atoms with Crippen LogP contribution in [0.4, 0.5) is 0 Å². The van der Waals surface area contributed by atoms with Crippen LogP contribution in [0.3, 0.4) is 0 Å². The summed E-state index contributed by atoms with van der Waals surface area (Å²) < 4.78 is 22.1. The number of aryl methyl sites for hydroxylation is 1. The van der Waals surface area contributed by atoms with Crippen molar-refractivity contribution in [3.05, 3.63) is 90.5 Å². The summed E-state index contributed by atoms with van der Waals surface area (Å²) in [7, 11) is 0. The Morgan fingerprint density at radius 1 is 0.766 bits per heavy atom. The predicted molar refractivity (Wildman–Crippen MR) is 182 cm³/mol. The maximum absolute atomic E-state index is 13.0. The minimum absolute atomic E-state index is 0.275. The van der Waals surface area contributed by atoms with E-state index in [9.17, 15) is 14.4 Å². The van der Waals surface area contributed by atoms with Gasteiger partial charge in [0.2, 0.25) is 0 Å². The van der Waals surface area contributed by atoms with E-state index < -0.39 is 5.97 Å².